The highest BCUT2D eigenvalue weighted by atomic mass is 19.4. The maximum Gasteiger partial charge on any atom is 0.429 e. The highest BCUT2D eigenvalue weighted by molar-refractivity contribution is 5.94. The van der Waals surface area contributed by atoms with Crippen LogP contribution in [0.25, 0.3) is 17.2 Å². The first-order chi connectivity index (χ1) is 10.9. The Labute approximate surface area is 129 Å². The second-order valence-corrected chi connectivity index (χ2v) is 5.02. The average molecular weight is 319 g/mol. The summed E-state index contributed by atoms with van der Waals surface area (Å²) in [5.41, 5.74) is 0.475. The predicted molar refractivity (Wildman–Crippen MR) is 75.3 cm³/mol. The van der Waals surface area contributed by atoms with Crippen LogP contribution in [0.15, 0.2) is 54.1 Å². The molecule has 1 unspecified atom stereocenters. The molecule has 0 fully saturated rings. The summed E-state index contributed by atoms with van der Waals surface area (Å²) < 4.78 is 44.4. The molecule has 3 nitrogen and oxygen atoms in total. The average Bonchev–Trinajstić information content (AvgIpc) is 2.53. The Kier molecular flexibility index (Phi) is 3.60. The predicted octanol–water partition coefficient (Wildman–Crippen LogP) is 2.81. The molecule has 23 heavy (non-hydrogen) atoms. The van der Waals surface area contributed by atoms with Crippen molar-refractivity contribution in [2.75, 3.05) is 0 Å². The number of aliphatic carboxylic acids is 1. The van der Waals surface area contributed by atoms with Crippen molar-refractivity contribution in [3.8, 4) is 16.9 Å². The molecule has 6 heteroatoms. The number of carboxylic acid groups (broad SMARTS) is 1. The first kappa shape index (κ1) is 15.1. The van der Waals surface area contributed by atoms with Crippen LogP contribution in [0.5, 0.6) is 5.75 Å². The molecule has 2 aromatic rings. The summed E-state index contributed by atoms with van der Waals surface area (Å²) in [6.45, 7) is 0. The molecule has 0 N–H and O–H groups in total. The van der Waals surface area contributed by atoms with Gasteiger partial charge >= 0.3 is 6.18 Å². The van der Waals surface area contributed by atoms with Gasteiger partial charge in [0.05, 0.1) is 5.97 Å². The summed E-state index contributed by atoms with van der Waals surface area (Å²) in [4.78, 5) is 11.0. The van der Waals surface area contributed by atoms with Gasteiger partial charge in [-0.25, -0.2) is 0 Å². The highest BCUT2D eigenvalue weighted by Crippen LogP contribution is 2.42. The van der Waals surface area contributed by atoms with Gasteiger partial charge in [0.25, 0.3) is 0 Å². The molecule has 0 amide bonds. The Balaban J connectivity index is 2.17. The van der Waals surface area contributed by atoms with Crippen LogP contribution >= 0.6 is 0 Å². The van der Waals surface area contributed by atoms with Crippen molar-refractivity contribution in [2.24, 2.45) is 0 Å². The smallest absolute Gasteiger partial charge is 0.429 e. The molecule has 1 aliphatic rings. The molecule has 1 aliphatic heterocycles. The molecular formula is C17H10F3O3-. The summed E-state index contributed by atoms with van der Waals surface area (Å²) in [6, 6.07) is 13.5. The van der Waals surface area contributed by atoms with E-state index in [0.717, 1.165) is 6.08 Å². The van der Waals surface area contributed by atoms with Crippen LogP contribution in [0.3, 0.4) is 0 Å². The van der Waals surface area contributed by atoms with Gasteiger partial charge in [-0.3, -0.25) is 0 Å². The fourth-order valence-corrected chi connectivity index (χ4v) is 2.48. The van der Waals surface area contributed by atoms with E-state index in [9.17, 15) is 23.1 Å². The monoisotopic (exact) mass is 319 g/mol. The van der Waals surface area contributed by atoms with Gasteiger partial charge in [0, 0.05) is 16.7 Å². The van der Waals surface area contributed by atoms with Gasteiger partial charge in [-0.15, -0.1) is 0 Å². The molecular weight excluding hydrogens is 309 g/mol. The molecule has 118 valence electrons. The Bertz CT molecular complexity index is 779. The topological polar surface area (TPSA) is 49.4 Å². The van der Waals surface area contributed by atoms with Crippen LogP contribution in [0.4, 0.5) is 13.2 Å². The van der Waals surface area contributed by atoms with E-state index in [0.29, 0.717) is 11.1 Å². The minimum absolute atomic E-state index is 0.00558. The minimum Gasteiger partial charge on any atom is -0.545 e. The maximum absolute atomic E-state index is 13.1. The number of carboxylic acids is 1. The van der Waals surface area contributed by atoms with E-state index in [1.165, 1.54) is 6.07 Å². The van der Waals surface area contributed by atoms with Crippen LogP contribution in [-0.4, -0.2) is 18.2 Å². The molecule has 0 aromatic heterocycles. The zero-order valence-corrected chi connectivity index (χ0v) is 11.6. The van der Waals surface area contributed by atoms with E-state index in [4.69, 9.17) is 4.74 Å². The lowest BCUT2D eigenvalue weighted by Crippen LogP contribution is -2.44. The van der Waals surface area contributed by atoms with Crippen molar-refractivity contribution in [3.05, 3.63) is 59.7 Å². The Morgan fingerprint density at radius 1 is 1.04 bits per heavy atom. The lowest BCUT2D eigenvalue weighted by atomic mass is 9.96. The Hall–Kier alpha value is -2.76. The summed E-state index contributed by atoms with van der Waals surface area (Å²) in [5, 5.41) is 11.0. The Morgan fingerprint density at radius 3 is 2.35 bits per heavy atom. The van der Waals surface area contributed by atoms with Gasteiger partial charge in [0.1, 0.15) is 5.75 Å². The number of benzene rings is 2. The van der Waals surface area contributed by atoms with Crippen LogP contribution in [0, 0.1) is 0 Å². The molecule has 0 radical (unpaired) electrons. The van der Waals surface area contributed by atoms with Crippen molar-refractivity contribution in [1.82, 2.24) is 0 Å². The van der Waals surface area contributed by atoms with Gasteiger partial charge in [-0.05, 0) is 11.6 Å². The van der Waals surface area contributed by atoms with Crippen molar-refractivity contribution >= 4 is 12.0 Å². The molecule has 0 bridgehead atoms. The van der Waals surface area contributed by atoms with Gasteiger partial charge < -0.3 is 14.6 Å². The van der Waals surface area contributed by atoms with E-state index in [1.54, 1.807) is 42.5 Å². The van der Waals surface area contributed by atoms with E-state index >= 15 is 0 Å². The second kappa shape index (κ2) is 5.46. The number of hydrogen-bond acceptors (Lipinski definition) is 3. The molecule has 0 aliphatic carbocycles. The van der Waals surface area contributed by atoms with Crippen LogP contribution in [0.1, 0.15) is 5.56 Å². The maximum atomic E-state index is 13.1. The van der Waals surface area contributed by atoms with Gasteiger partial charge in [-0.2, -0.15) is 13.2 Å². The number of hydrogen-bond donors (Lipinski definition) is 0. The first-order valence-corrected chi connectivity index (χ1v) is 6.72. The van der Waals surface area contributed by atoms with Crippen LogP contribution < -0.4 is 9.84 Å². The number of carbonyl (C=O) groups is 1. The lowest BCUT2D eigenvalue weighted by Gasteiger charge is -2.30. The summed E-state index contributed by atoms with van der Waals surface area (Å²) in [6.07, 6.45) is -6.45. The summed E-state index contributed by atoms with van der Waals surface area (Å²) in [5.74, 6) is -1.89. The SMILES string of the molecule is O=C([O-])C1=Cc2cccc(-c3ccccc3)c2OC1C(F)(F)F. The molecule has 0 saturated heterocycles. The van der Waals surface area contributed by atoms with E-state index < -0.39 is 23.8 Å². The molecule has 1 heterocycles. The third kappa shape index (κ3) is 2.79. The third-order valence-corrected chi connectivity index (χ3v) is 3.49. The first-order valence-electron chi connectivity index (χ1n) is 6.72. The number of alkyl halides is 3. The molecule has 2 aromatic carbocycles. The van der Waals surface area contributed by atoms with E-state index in [2.05, 4.69) is 0 Å². The lowest BCUT2D eigenvalue weighted by molar-refractivity contribution is -0.302. The fourth-order valence-electron chi connectivity index (χ4n) is 2.48. The summed E-state index contributed by atoms with van der Waals surface area (Å²) >= 11 is 0. The van der Waals surface area contributed by atoms with Crippen LogP contribution in [-0.2, 0) is 4.79 Å². The minimum atomic E-state index is -4.85. The van der Waals surface area contributed by atoms with Gasteiger partial charge in [0.2, 0.25) is 6.10 Å². The van der Waals surface area contributed by atoms with Gasteiger partial charge in [0.15, 0.2) is 0 Å². The molecule has 0 spiro atoms. The normalized spacial score (nSPS) is 17.0. The van der Waals surface area contributed by atoms with Gasteiger partial charge in [-0.1, -0.05) is 48.5 Å². The van der Waals surface area contributed by atoms with E-state index in [-0.39, 0.29) is 11.3 Å². The van der Waals surface area contributed by atoms with Crippen molar-refractivity contribution in [2.45, 2.75) is 12.3 Å². The molecule has 1 atom stereocenters. The number of carbonyl (C=O) groups excluding carboxylic acids is 1. The Morgan fingerprint density at radius 2 is 1.74 bits per heavy atom. The zero-order chi connectivity index (χ0) is 16.6. The van der Waals surface area contributed by atoms with E-state index in [1.807, 2.05) is 0 Å². The quantitative estimate of drug-likeness (QED) is 0.855. The number of para-hydroxylation sites is 1. The second-order valence-electron chi connectivity index (χ2n) is 5.02. The van der Waals surface area contributed by atoms with Crippen molar-refractivity contribution in [1.29, 1.82) is 0 Å². The number of rotatable bonds is 2. The molecule has 3 rings (SSSR count). The number of fused-ring (bicyclic) bond motifs is 1. The summed E-state index contributed by atoms with van der Waals surface area (Å²) in [7, 11) is 0. The number of ether oxygens (including phenoxy) is 1. The van der Waals surface area contributed by atoms with Crippen LogP contribution in [0.2, 0.25) is 0 Å². The number of halogens is 3. The highest BCUT2D eigenvalue weighted by Gasteiger charge is 2.46. The fraction of sp³-hybridized carbons (Fsp3) is 0.118. The zero-order valence-electron chi connectivity index (χ0n) is 11.6. The molecule has 0 saturated carbocycles. The third-order valence-electron chi connectivity index (χ3n) is 3.49. The standard InChI is InChI=1S/C17H11F3O3/c18-17(19,20)15-13(16(21)22)9-11-7-4-8-12(14(11)23-15)10-5-2-1-3-6-10/h1-9,15H,(H,21,22)/p-1. The largest absolute Gasteiger partial charge is 0.545 e. The van der Waals surface area contributed by atoms with Crippen molar-refractivity contribution < 1.29 is 27.8 Å². The van der Waals surface area contributed by atoms with Crippen molar-refractivity contribution in [3.63, 3.8) is 0 Å².